The molecule has 0 aliphatic heterocycles. The van der Waals surface area contributed by atoms with Gasteiger partial charge in [-0.3, -0.25) is 0 Å². The molecule has 0 saturated heterocycles. The van der Waals surface area contributed by atoms with Crippen molar-refractivity contribution in [1.29, 1.82) is 0 Å². The molecule has 1 atom stereocenters. The molecule has 4 nitrogen and oxygen atoms in total. The van der Waals surface area contributed by atoms with Crippen molar-refractivity contribution in [3.8, 4) is 0 Å². The molecule has 0 spiro atoms. The second-order valence-electron chi connectivity index (χ2n) is 2.81. The molecule has 1 unspecified atom stereocenters. The molecule has 0 N–H and O–H groups in total. The average Bonchev–Trinajstić information content (AvgIpc) is 2.02. The molecule has 0 fully saturated rings. The van der Waals surface area contributed by atoms with E-state index >= 15 is 0 Å². The Morgan fingerprint density at radius 3 is 2.00 bits per heavy atom. The lowest BCUT2D eigenvalue weighted by Gasteiger charge is -2.16. The van der Waals surface area contributed by atoms with Crippen molar-refractivity contribution in [2.45, 2.75) is 13.3 Å². The molecule has 0 aromatic rings. The van der Waals surface area contributed by atoms with Crippen LogP contribution in [0.15, 0.2) is 24.3 Å². The summed E-state index contributed by atoms with van der Waals surface area (Å²) in [6.45, 7) is 8.00. The minimum Gasteiger partial charge on any atom is -0.545 e. The van der Waals surface area contributed by atoms with Gasteiger partial charge in [0.05, 0.1) is 11.9 Å². The van der Waals surface area contributed by atoms with E-state index in [9.17, 15) is 19.8 Å². The highest BCUT2D eigenvalue weighted by Crippen LogP contribution is 2.16. The third-order valence-corrected chi connectivity index (χ3v) is 1.70. The van der Waals surface area contributed by atoms with E-state index in [1.165, 1.54) is 6.92 Å². The Morgan fingerprint density at radius 2 is 1.69 bits per heavy atom. The van der Waals surface area contributed by atoms with Crippen LogP contribution in [0.4, 0.5) is 0 Å². The predicted molar refractivity (Wildman–Crippen MR) is 42.1 cm³/mol. The maximum atomic E-state index is 10.3. The van der Waals surface area contributed by atoms with Crippen LogP contribution in [0.25, 0.3) is 0 Å². The molecular weight excluding hydrogens is 172 g/mol. The fraction of sp³-hybridized carbons (Fsp3) is 0.333. The summed E-state index contributed by atoms with van der Waals surface area (Å²) in [5.74, 6) is -3.26. The first-order valence-electron chi connectivity index (χ1n) is 3.65. The predicted octanol–water partition coefficient (Wildman–Crippen LogP) is -1.38. The summed E-state index contributed by atoms with van der Waals surface area (Å²) in [6, 6.07) is 0. The van der Waals surface area contributed by atoms with Gasteiger partial charge in [-0.25, -0.2) is 0 Å². The molecule has 0 aliphatic rings. The zero-order valence-corrected chi connectivity index (χ0v) is 7.33. The Kier molecular flexibility index (Phi) is 3.91. The summed E-state index contributed by atoms with van der Waals surface area (Å²) in [5, 5.41) is 20.5. The van der Waals surface area contributed by atoms with Crippen molar-refractivity contribution in [1.82, 2.24) is 0 Å². The minimum atomic E-state index is -1.38. The highest BCUT2D eigenvalue weighted by molar-refractivity contribution is 5.86. The SMILES string of the molecule is C=C(CC(C)C(=C)C(=O)[O-])C(=O)[O-]. The zero-order valence-electron chi connectivity index (χ0n) is 7.33. The van der Waals surface area contributed by atoms with E-state index in [4.69, 9.17) is 0 Å². The maximum Gasteiger partial charge on any atom is 0.0671 e. The summed E-state index contributed by atoms with van der Waals surface area (Å²) >= 11 is 0. The van der Waals surface area contributed by atoms with Crippen molar-refractivity contribution in [3.05, 3.63) is 24.3 Å². The first kappa shape index (κ1) is 11.4. The molecule has 0 bridgehead atoms. The van der Waals surface area contributed by atoms with Gasteiger partial charge in [-0.15, -0.1) is 0 Å². The van der Waals surface area contributed by atoms with Crippen LogP contribution in [0.2, 0.25) is 0 Å². The Bertz CT molecular complexity index is 265. The Hall–Kier alpha value is -1.58. The van der Waals surface area contributed by atoms with Gasteiger partial charge in [0.25, 0.3) is 0 Å². The van der Waals surface area contributed by atoms with E-state index in [-0.39, 0.29) is 17.6 Å². The standard InChI is InChI=1S/C9H12O4/c1-5(7(3)9(12)13)4-6(2)8(10)11/h5H,2-4H2,1H3,(H,10,11)(H,12,13)/p-2. The molecule has 0 aromatic heterocycles. The van der Waals surface area contributed by atoms with Crippen LogP contribution in [0.3, 0.4) is 0 Å². The highest BCUT2D eigenvalue weighted by Gasteiger charge is 2.09. The Morgan fingerprint density at radius 1 is 1.23 bits per heavy atom. The lowest BCUT2D eigenvalue weighted by atomic mass is 9.95. The van der Waals surface area contributed by atoms with Crippen LogP contribution < -0.4 is 10.2 Å². The van der Waals surface area contributed by atoms with Crippen LogP contribution in [-0.4, -0.2) is 11.9 Å². The Balaban J connectivity index is 4.23. The van der Waals surface area contributed by atoms with Gasteiger partial charge in [0, 0.05) is 0 Å². The van der Waals surface area contributed by atoms with Crippen LogP contribution in [0.5, 0.6) is 0 Å². The molecule has 13 heavy (non-hydrogen) atoms. The molecule has 0 aliphatic carbocycles. The van der Waals surface area contributed by atoms with Crippen molar-refractivity contribution in [3.63, 3.8) is 0 Å². The average molecular weight is 182 g/mol. The van der Waals surface area contributed by atoms with Crippen molar-refractivity contribution in [2.24, 2.45) is 5.92 Å². The van der Waals surface area contributed by atoms with E-state index in [1.54, 1.807) is 0 Å². The van der Waals surface area contributed by atoms with Crippen LogP contribution in [0.1, 0.15) is 13.3 Å². The molecule has 0 heterocycles. The number of carbonyl (C=O) groups is 2. The van der Waals surface area contributed by atoms with Gasteiger partial charge in [-0.2, -0.15) is 0 Å². The summed E-state index contributed by atoms with van der Waals surface area (Å²) in [4.78, 5) is 20.5. The largest absolute Gasteiger partial charge is 0.545 e. The number of carbonyl (C=O) groups excluding carboxylic acids is 2. The van der Waals surface area contributed by atoms with E-state index in [0.29, 0.717) is 0 Å². The van der Waals surface area contributed by atoms with Crippen LogP contribution in [-0.2, 0) is 9.59 Å². The van der Waals surface area contributed by atoms with Crippen LogP contribution in [0, 0.1) is 5.92 Å². The minimum absolute atomic E-state index is 0.00907. The second kappa shape index (κ2) is 4.45. The summed E-state index contributed by atoms with van der Waals surface area (Å²) in [6.07, 6.45) is 0.00907. The van der Waals surface area contributed by atoms with E-state index in [2.05, 4.69) is 13.2 Å². The molecule has 0 rings (SSSR count). The van der Waals surface area contributed by atoms with E-state index in [1.807, 2.05) is 0 Å². The van der Waals surface area contributed by atoms with Gasteiger partial charge in [0.2, 0.25) is 0 Å². The fourth-order valence-corrected chi connectivity index (χ4v) is 0.777. The van der Waals surface area contributed by atoms with Crippen molar-refractivity contribution in [2.75, 3.05) is 0 Å². The lowest BCUT2D eigenvalue weighted by molar-refractivity contribution is -0.302. The van der Waals surface area contributed by atoms with E-state index in [0.717, 1.165) is 0 Å². The monoisotopic (exact) mass is 182 g/mol. The first-order valence-corrected chi connectivity index (χ1v) is 3.65. The third-order valence-electron chi connectivity index (χ3n) is 1.70. The number of hydrogen-bond acceptors (Lipinski definition) is 4. The van der Waals surface area contributed by atoms with Crippen molar-refractivity contribution >= 4 is 11.9 Å². The van der Waals surface area contributed by atoms with Gasteiger partial charge in [-0.05, 0) is 23.5 Å². The van der Waals surface area contributed by atoms with E-state index < -0.39 is 17.9 Å². The molecule has 72 valence electrons. The lowest BCUT2D eigenvalue weighted by Crippen LogP contribution is -2.29. The second-order valence-corrected chi connectivity index (χ2v) is 2.81. The molecule has 0 saturated carbocycles. The number of carboxylic acids is 2. The van der Waals surface area contributed by atoms with Gasteiger partial charge in [0.15, 0.2) is 0 Å². The van der Waals surface area contributed by atoms with Gasteiger partial charge in [0.1, 0.15) is 0 Å². The summed E-state index contributed by atoms with van der Waals surface area (Å²) < 4.78 is 0. The smallest absolute Gasteiger partial charge is 0.0671 e. The molecule has 0 aromatic carbocycles. The normalized spacial score (nSPS) is 11.8. The van der Waals surface area contributed by atoms with Crippen molar-refractivity contribution < 1.29 is 19.8 Å². The first-order chi connectivity index (χ1) is 5.86. The van der Waals surface area contributed by atoms with Gasteiger partial charge < -0.3 is 19.8 Å². The number of carboxylic acid groups (broad SMARTS) is 2. The molecular formula is C9H10O4-2. The quantitative estimate of drug-likeness (QED) is 0.491. The fourth-order valence-electron chi connectivity index (χ4n) is 0.777. The zero-order chi connectivity index (χ0) is 10.6. The highest BCUT2D eigenvalue weighted by atomic mass is 16.4. The maximum absolute atomic E-state index is 10.3. The number of hydrogen-bond donors (Lipinski definition) is 0. The summed E-state index contributed by atoms with van der Waals surface area (Å²) in [5.41, 5.74) is -0.280. The van der Waals surface area contributed by atoms with Gasteiger partial charge >= 0.3 is 0 Å². The third kappa shape index (κ3) is 3.55. The molecule has 0 amide bonds. The number of rotatable bonds is 5. The number of aliphatic carboxylic acids is 2. The molecule has 4 heteroatoms. The topological polar surface area (TPSA) is 80.3 Å². The van der Waals surface area contributed by atoms with Crippen LogP contribution >= 0.6 is 0 Å². The molecule has 0 radical (unpaired) electrons. The van der Waals surface area contributed by atoms with Gasteiger partial charge in [-0.1, -0.05) is 20.1 Å². The summed E-state index contributed by atoms with van der Waals surface area (Å²) in [7, 11) is 0. The Labute approximate surface area is 76.2 Å².